The lowest BCUT2D eigenvalue weighted by molar-refractivity contribution is -0.116. The van der Waals surface area contributed by atoms with E-state index in [1.165, 1.54) is 56.1 Å². The second kappa shape index (κ2) is 11.5. The van der Waals surface area contributed by atoms with E-state index in [-0.39, 0.29) is 5.78 Å². The fourth-order valence-corrected chi connectivity index (χ4v) is 2.99. The van der Waals surface area contributed by atoms with Crippen molar-refractivity contribution in [3.8, 4) is 0 Å². The van der Waals surface area contributed by atoms with Gasteiger partial charge < -0.3 is 4.79 Å². The Kier molecular flexibility index (Phi) is 9.86. The lowest BCUT2D eigenvalue weighted by Gasteiger charge is -2.13. The Balaban J connectivity index is 2.17. The first-order valence-corrected chi connectivity index (χ1v) is 9.06. The molecule has 0 aromatic carbocycles. The zero-order valence-corrected chi connectivity index (χ0v) is 14.9. The highest BCUT2D eigenvalue weighted by atomic mass is 16.1. The van der Waals surface area contributed by atoms with Gasteiger partial charge in [0.25, 0.3) is 0 Å². The van der Waals surface area contributed by atoms with E-state index in [2.05, 4.69) is 32.1 Å². The molecule has 0 bridgehead atoms. The largest absolute Gasteiger partial charge is 0.300 e. The molecule has 0 aliphatic heterocycles. The third-order valence-electron chi connectivity index (χ3n) is 4.49. The van der Waals surface area contributed by atoms with Crippen LogP contribution in [0.15, 0.2) is 34.9 Å². The van der Waals surface area contributed by atoms with Crippen molar-refractivity contribution in [2.45, 2.75) is 91.4 Å². The van der Waals surface area contributed by atoms with Crippen LogP contribution in [-0.2, 0) is 4.79 Å². The number of Topliss-reactive ketones (excluding diaryl/α,β-unsaturated/α-hetero) is 1. The average molecular weight is 303 g/mol. The van der Waals surface area contributed by atoms with Gasteiger partial charge in [0.05, 0.1) is 0 Å². The molecule has 0 N–H and O–H groups in total. The number of rotatable bonds is 9. The van der Waals surface area contributed by atoms with Crippen molar-refractivity contribution in [3.63, 3.8) is 0 Å². The molecule has 1 nitrogen and oxygen atoms in total. The predicted octanol–water partition coefficient (Wildman–Crippen LogP) is 6.70. The lowest BCUT2D eigenvalue weighted by Crippen LogP contribution is -1.93. The minimum atomic E-state index is 0.284. The molecule has 0 amide bonds. The number of hydrogen-bond donors (Lipinski definition) is 0. The monoisotopic (exact) mass is 302 g/mol. The SMILES string of the molecule is CC(=O)CCC=C(C)CCC=C(C)CCC=C1CCCCC1. The van der Waals surface area contributed by atoms with Gasteiger partial charge >= 0.3 is 0 Å². The Hall–Kier alpha value is -1.11. The lowest BCUT2D eigenvalue weighted by atomic mass is 9.93. The Bertz CT molecular complexity index is 415. The summed E-state index contributed by atoms with van der Waals surface area (Å²) in [6.45, 7) is 6.10. The smallest absolute Gasteiger partial charge is 0.130 e. The number of hydrogen-bond acceptors (Lipinski definition) is 1. The summed E-state index contributed by atoms with van der Waals surface area (Å²) in [5.74, 6) is 0.284. The van der Waals surface area contributed by atoms with Gasteiger partial charge in [-0.15, -0.1) is 0 Å². The summed E-state index contributed by atoms with van der Waals surface area (Å²) in [6.07, 6.45) is 20.3. The number of allylic oxidation sites excluding steroid dienone is 6. The summed E-state index contributed by atoms with van der Waals surface area (Å²) in [7, 11) is 0. The Labute approximate surface area is 137 Å². The molecule has 1 heteroatoms. The van der Waals surface area contributed by atoms with Crippen molar-refractivity contribution in [1.29, 1.82) is 0 Å². The van der Waals surface area contributed by atoms with E-state index in [0.29, 0.717) is 6.42 Å². The topological polar surface area (TPSA) is 17.1 Å². The molecule has 1 aliphatic carbocycles. The first-order chi connectivity index (χ1) is 10.6. The molecule has 1 saturated carbocycles. The van der Waals surface area contributed by atoms with Gasteiger partial charge in [0.1, 0.15) is 5.78 Å². The molecule has 1 rings (SSSR count). The Morgan fingerprint density at radius 2 is 1.36 bits per heavy atom. The van der Waals surface area contributed by atoms with E-state index in [0.717, 1.165) is 19.3 Å². The second-order valence-electron chi connectivity index (χ2n) is 6.84. The van der Waals surface area contributed by atoms with Crippen molar-refractivity contribution < 1.29 is 4.79 Å². The molecule has 0 heterocycles. The molecule has 0 aromatic heterocycles. The number of carbonyl (C=O) groups excluding carboxylic acids is 1. The van der Waals surface area contributed by atoms with E-state index in [1.54, 1.807) is 12.5 Å². The van der Waals surface area contributed by atoms with Crippen LogP contribution in [0, 0.1) is 0 Å². The van der Waals surface area contributed by atoms with Crippen molar-refractivity contribution in [2.24, 2.45) is 0 Å². The first kappa shape index (κ1) is 18.9. The Morgan fingerprint density at radius 1 is 0.818 bits per heavy atom. The van der Waals surface area contributed by atoms with Gasteiger partial charge in [-0.05, 0) is 78.6 Å². The molecule has 22 heavy (non-hydrogen) atoms. The zero-order valence-electron chi connectivity index (χ0n) is 14.9. The maximum atomic E-state index is 10.9. The van der Waals surface area contributed by atoms with Crippen LogP contribution in [-0.4, -0.2) is 5.78 Å². The van der Waals surface area contributed by atoms with Gasteiger partial charge in [0, 0.05) is 6.42 Å². The molecule has 0 aromatic rings. The third kappa shape index (κ3) is 9.76. The van der Waals surface area contributed by atoms with E-state index >= 15 is 0 Å². The second-order valence-corrected chi connectivity index (χ2v) is 6.84. The average Bonchev–Trinajstić information content (AvgIpc) is 2.48. The summed E-state index contributed by atoms with van der Waals surface area (Å²) in [5.41, 5.74) is 4.63. The first-order valence-electron chi connectivity index (χ1n) is 9.06. The van der Waals surface area contributed by atoms with Crippen molar-refractivity contribution in [2.75, 3.05) is 0 Å². The predicted molar refractivity (Wildman–Crippen MR) is 97.1 cm³/mol. The molecular formula is C21H34O. The standard InChI is InChI=1S/C21H34O/c1-18(12-8-14-20(3)22)10-7-11-19(2)13-9-17-21-15-5-4-6-16-21/h11-12,17H,4-10,13-16H2,1-3H3. The van der Waals surface area contributed by atoms with Crippen LogP contribution in [0.2, 0.25) is 0 Å². The summed E-state index contributed by atoms with van der Waals surface area (Å²) in [5, 5.41) is 0. The number of carbonyl (C=O) groups is 1. The molecule has 0 atom stereocenters. The van der Waals surface area contributed by atoms with Gasteiger partial charge in [0.15, 0.2) is 0 Å². The van der Waals surface area contributed by atoms with E-state index in [9.17, 15) is 4.79 Å². The highest BCUT2D eigenvalue weighted by molar-refractivity contribution is 5.75. The van der Waals surface area contributed by atoms with E-state index in [1.807, 2.05) is 0 Å². The van der Waals surface area contributed by atoms with Crippen molar-refractivity contribution >= 4 is 5.78 Å². The van der Waals surface area contributed by atoms with Crippen molar-refractivity contribution in [3.05, 3.63) is 34.9 Å². The molecule has 0 saturated heterocycles. The molecule has 1 fully saturated rings. The fourth-order valence-electron chi connectivity index (χ4n) is 2.99. The van der Waals surface area contributed by atoms with Gasteiger partial charge in [0.2, 0.25) is 0 Å². The van der Waals surface area contributed by atoms with Gasteiger partial charge in [-0.25, -0.2) is 0 Å². The van der Waals surface area contributed by atoms with Crippen LogP contribution in [0.25, 0.3) is 0 Å². The summed E-state index contributed by atoms with van der Waals surface area (Å²) < 4.78 is 0. The minimum absolute atomic E-state index is 0.284. The van der Waals surface area contributed by atoms with E-state index < -0.39 is 0 Å². The van der Waals surface area contributed by atoms with Crippen LogP contribution in [0.1, 0.15) is 91.4 Å². The van der Waals surface area contributed by atoms with E-state index in [4.69, 9.17) is 0 Å². The maximum absolute atomic E-state index is 10.9. The molecule has 0 radical (unpaired) electrons. The van der Waals surface area contributed by atoms with Gasteiger partial charge in [-0.3, -0.25) is 0 Å². The molecule has 0 spiro atoms. The summed E-state index contributed by atoms with van der Waals surface area (Å²) in [4.78, 5) is 10.9. The number of ketones is 1. The molecule has 0 unspecified atom stereocenters. The van der Waals surface area contributed by atoms with Crippen LogP contribution in [0.5, 0.6) is 0 Å². The highest BCUT2D eigenvalue weighted by Crippen LogP contribution is 2.23. The quantitative estimate of drug-likeness (QED) is 0.433. The molecule has 124 valence electrons. The summed E-state index contributed by atoms with van der Waals surface area (Å²) >= 11 is 0. The maximum Gasteiger partial charge on any atom is 0.130 e. The zero-order chi connectivity index (χ0) is 16.2. The Morgan fingerprint density at radius 3 is 1.95 bits per heavy atom. The van der Waals surface area contributed by atoms with Crippen LogP contribution in [0.3, 0.4) is 0 Å². The van der Waals surface area contributed by atoms with Crippen molar-refractivity contribution in [1.82, 2.24) is 0 Å². The van der Waals surface area contributed by atoms with Crippen LogP contribution in [0.4, 0.5) is 0 Å². The molecule has 1 aliphatic rings. The normalized spacial score (nSPS) is 16.8. The van der Waals surface area contributed by atoms with Crippen LogP contribution >= 0.6 is 0 Å². The molecular weight excluding hydrogens is 268 g/mol. The third-order valence-corrected chi connectivity index (χ3v) is 4.49. The summed E-state index contributed by atoms with van der Waals surface area (Å²) in [6, 6.07) is 0. The van der Waals surface area contributed by atoms with Crippen LogP contribution < -0.4 is 0 Å². The fraction of sp³-hybridized carbons (Fsp3) is 0.667. The van der Waals surface area contributed by atoms with Gasteiger partial charge in [-0.2, -0.15) is 0 Å². The van der Waals surface area contributed by atoms with Gasteiger partial charge in [-0.1, -0.05) is 41.4 Å². The highest BCUT2D eigenvalue weighted by Gasteiger charge is 2.04. The minimum Gasteiger partial charge on any atom is -0.300 e.